The maximum absolute atomic E-state index is 5.68. The molecule has 1 aromatic heterocycles. The quantitative estimate of drug-likeness (QED) is 0.868. The Morgan fingerprint density at radius 2 is 2.43 bits per heavy atom. The Labute approximate surface area is 90.8 Å². The molecule has 5 nitrogen and oxygen atoms in total. The molecule has 1 fully saturated rings. The predicted octanol–water partition coefficient (Wildman–Crippen LogP) is 1.19. The van der Waals surface area contributed by atoms with Crippen LogP contribution in [0.3, 0.4) is 0 Å². The van der Waals surface area contributed by atoms with Crippen LogP contribution in [0.15, 0.2) is 4.73 Å². The molecule has 2 atom stereocenters. The first-order valence-corrected chi connectivity index (χ1v) is 5.45. The topological polar surface area (TPSA) is 66.0 Å². The van der Waals surface area contributed by atoms with Crippen LogP contribution in [0.2, 0.25) is 0 Å². The summed E-state index contributed by atoms with van der Waals surface area (Å²) < 4.78 is 8.08. The predicted molar refractivity (Wildman–Crippen MR) is 55.7 cm³/mol. The van der Waals surface area contributed by atoms with Crippen LogP contribution in [0.4, 0.5) is 5.95 Å². The van der Waals surface area contributed by atoms with E-state index in [1.165, 1.54) is 0 Å². The molecule has 6 heteroatoms. The van der Waals surface area contributed by atoms with E-state index in [0.717, 1.165) is 19.4 Å². The molecular weight excluding hydrogens is 248 g/mol. The molecule has 14 heavy (non-hydrogen) atoms. The molecule has 2 rings (SSSR count). The Balaban J connectivity index is 2.00. The number of aromatic nitrogens is 3. The van der Waals surface area contributed by atoms with Gasteiger partial charge in [-0.1, -0.05) is 0 Å². The Morgan fingerprint density at radius 1 is 1.64 bits per heavy atom. The normalized spacial score (nSPS) is 27.0. The van der Waals surface area contributed by atoms with Crippen LogP contribution >= 0.6 is 15.9 Å². The van der Waals surface area contributed by atoms with Crippen molar-refractivity contribution in [3.05, 3.63) is 4.73 Å². The van der Waals surface area contributed by atoms with Gasteiger partial charge in [0.25, 0.3) is 0 Å². The first-order valence-electron chi connectivity index (χ1n) is 4.66. The monoisotopic (exact) mass is 260 g/mol. The largest absolute Gasteiger partial charge is 0.373 e. The van der Waals surface area contributed by atoms with Gasteiger partial charge in [-0.15, -0.1) is 5.10 Å². The van der Waals surface area contributed by atoms with Crippen molar-refractivity contribution in [1.82, 2.24) is 14.8 Å². The molecule has 0 spiro atoms. The fourth-order valence-electron chi connectivity index (χ4n) is 1.67. The zero-order valence-electron chi connectivity index (χ0n) is 7.98. The maximum atomic E-state index is 5.68. The number of nitrogen functional groups attached to an aromatic ring is 1. The van der Waals surface area contributed by atoms with Gasteiger partial charge in [0.05, 0.1) is 18.8 Å². The molecule has 1 aliphatic heterocycles. The zero-order valence-corrected chi connectivity index (χ0v) is 9.57. The van der Waals surface area contributed by atoms with Gasteiger partial charge in [0.1, 0.15) is 0 Å². The molecule has 2 N–H and O–H groups in total. The lowest BCUT2D eigenvalue weighted by Crippen LogP contribution is -2.17. The summed E-state index contributed by atoms with van der Waals surface area (Å²) in [6.45, 7) is 2.81. The van der Waals surface area contributed by atoms with Crippen LogP contribution in [-0.4, -0.2) is 27.0 Å². The Hall–Kier alpha value is -0.620. The van der Waals surface area contributed by atoms with Crippen molar-refractivity contribution in [3.63, 3.8) is 0 Å². The summed E-state index contributed by atoms with van der Waals surface area (Å²) in [6.07, 6.45) is 2.79. The van der Waals surface area contributed by atoms with Crippen LogP contribution in [0.5, 0.6) is 0 Å². The number of ether oxygens (including phenoxy) is 1. The second-order valence-corrected chi connectivity index (χ2v) is 4.28. The van der Waals surface area contributed by atoms with Crippen LogP contribution < -0.4 is 5.73 Å². The van der Waals surface area contributed by atoms with Gasteiger partial charge < -0.3 is 10.5 Å². The Bertz CT molecular complexity index is 327. The number of nitrogens with zero attached hydrogens (tertiary/aromatic N) is 3. The molecule has 1 aromatic rings. The number of hydrogen-bond acceptors (Lipinski definition) is 4. The van der Waals surface area contributed by atoms with E-state index in [1.807, 2.05) is 0 Å². The van der Waals surface area contributed by atoms with Gasteiger partial charge in [0.2, 0.25) is 5.95 Å². The van der Waals surface area contributed by atoms with Gasteiger partial charge in [-0.05, 0) is 35.7 Å². The van der Waals surface area contributed by atoms with Gasteiger partial charge in [-0.25, -0.2) is 4.68 Å². The minimum atomic E-state index is 0.238. The van der Waals surface area contributed by atoms with E-state index in [0.29, 0.717) is 16.8 Å². The van der Waals surface area contributed by atoms with E-state index < -0.39 is 0 Å². The Morgan fingerprint density at radius 3 is 2.93 bits per heavy atom. The Kier molecular flexibility index (Phi) is 2.73. The second kappa shape index (κ2) is 3.86. The van der Waals surface area contributed by atoms with Gasteiger partial charge in [-0.3, -0.25) is 0 Å². The van der Waals surface area contributed by atoms with Gasteiger partial charge >= 0.3 is 0 Å². The molecule has 0 bridgehead atoms. The molecule has 0 radical (unpaired) electrons. The SMILES string of the molecule is CC1CCC(Cn2nc(N)nc2Br)O1. The molecule has 0 amide bonds. The van der Waals surface area contributed by atoms with E-state index in [1.54, 1.807) is 4.68 Å². The van der Waals surface area contributed by atoms with Gasteiger partial charge in [-0.2, -0.15) is 4.98 Å². The third-order valence-electron chi connectivity index (χ3n) is 2.34. The van der Waals surface area contributed by atoms with E-state index in [9.17, 15) is 0 Å². The molecule has 78 valence electrons. The highest BCUT2D eigenvalue weighted by molar-refractivity contribution is 9.10. The molecule has 2 heterocycles. The molecule has 0 aromatic carbocycles. The number of halogens is 1. The van der Waals surface area contributed by atoms with Crippen molar-refractivity contribution in [2.75, 3.05) is 5.73 Å². The summed E-state index contributed by atoms with van der Waals surface area (Å²) in [5.74, 6) is 0.294. The fraction of sp³-hybridized carbons (Fsp3) is 0.750. The van der Waals surface area contributed by atoms with Crippen molar-refractivity contribution in [1.29, 1.82) is 0 Å². The molecule has 0 aliphatic carbocycles. The molecule has 0 saturated carbocycles. The standard InChI is InChI=1S/C8H13BrN4O/c1-5-2-3-6(14-5)4-13-7(9)11-8(10)12-13/h5-6H,2-4H2,1H3,(H2,10,12). The fourth-order valence-corrected chi connectivity index (χ4v) is 2.07. The third-order valence-corrected chi connectivity index (χ3v) is 2.93. The van der Waals surface area contributed by atoms with E-state index in [-0.39, 0.29) is 6.10 Å². The number of rotatable bonds is 2. The number of nitrogens with two attached hydrogens (primary N) is 1. The average Bonchev–Trinajstić information content (AvgIpc) is 2.61. The van der Waals surface area contributed by atoms with Crippen molar-refractivity contribution in [3.8, 4) is 0 Å². The number of anilines is 1. The lowest BCUT2D eigenvalue weighted by atomic mass is 10.2. The highest BCUT2D eigenvalue weighted by Gasteiger charge is 2.23. The van der Waals surface area contributed by atoms with Crippen molar-refractivity contribution in [2.45, 2.75) is 38.5 Å². The zero-order chi connectivity index (χ0) is 10.1. The lowest BCUT2D eigenvalue weighted by Gasteiger charge is -2.10. The summed E-state index contributed by atoms with van der Waals surface area (Å²) in [5.41, 5.74) is 5.47. The second-order valence-electron chi connectivity index (χ2n) is 3.57. The molecule has 2 unspecified atom stereocenters. The minimum absolute atomic E-state index is 0.238. The molecule has 1 saturated heterocycles. The molecular formula is C8H13BrN4O. The first-order chi connectivity index (χ1) is 6.65. The summed E-state index contributed by atoms with van der Waals surface area (Å²) in [5, 5.41) is 4.06. The smallest absolute Gasteiger partial charge is 0.240 e. The average molecular weight is 261 g/mol. The third kappa shape index (κ3) is 2.06. The molecule has 1 aliphatic rings. The highest BCUT2D eigenvalue weighted by Crippen LogP contribution is 2.21. The highest BCUT2D eigenvalue weighted by atomic mass is 79.9. The van der Waals surface area contributed by atoms with Crippen LogP contribution in [0.1, 0.15) is 19.8 Å². The van der Waals surface area contributed by atoms with Crippen molar-refractivity contribution < 1.29 is 4.74 Å². The van der Waals surface area contributed by atoms with Crippen molar-refractivity contribution in [2.24, 2.45) is 0 Å². The maximum Gasteiger partial charge on any atom is 0.240 e. The van der Waals surface area contributed by atoms with E-state index in [2.05, 4.69) is 32.9 Å². The summed E-state index contributed by atoms with van der Waals surface area (Å²) in [4.78, 5) is 3.96. The number of hydrogen-bond donors (Lipinski definition) is 1. The summed E-state index contributed by atoms with van der Waals surface area (Å²) >= 11 is 3.29. The lowest BCUT2D eigenvalue weighted by molar-refractivity contribution is 0.0432. The van der Waals surface area contributed by atoms with Crippen LogP contribution in [-0.2, 0) is 11.3 Å². The van der Waals surface area contributed by atoms with Gasteiger partial charge in [0.15, 0.2) is 4.73 Å². The first kappa shape index (κ1) is 9.92. The van der Waals surface area contributed by atoms with Crippen LogP contribution in [0.25, 0.3) is 0 Å². The minimum Gasteiger partial charge on any atom is -0.373 e. The van der Waals surface area contributed by atoms with Crippen molar-refractivity contribution >= 4 is 21.9 Å². The summed E-state index contributed by atoms with van der Waals surface area (Å²) in [6, 6.07) is 0. The summed E-state index contributed by atoms with van der Waals surface area (Å²) in [7, 11) is 0. The van der Waals surface area contributed by atoms with E-state index in [4.69, 9.17) is 10.5 Å². The van der Waals surface area contributed by atoms with Crippen LogP contribution in [0, 0.1) is 0 Å². The van der Waals surface area contributed by atoms with E-state index >= 15 is 0 Å². The van der Waals surface area contributed by atoms with Gasteiger partial charge in [0, 0.05) is 0 Å².